The van der Waals surface area contributed by atoms with E-state index < -0.39 is 31.4 Å². The van der Waals surface area contributed by atoms with Gasteiger partial charge in [-0.3, -0.25) is 0 Å². The zero-order valence-electron chi connectivity index (χ0n) is 13.3. The van der Waals surface area contributed by atoms with Gasteiger partial charge in [0, 0.05) is 6.54 Å². The Kier molecular flexibility index (Phi) is 8.85. The monoisotopic (exact) mass is 331 g/mol. The molecule has 132 valence electrons. The number of benzene rings is 1. The van der Waals surface area contributed by atoms with Crippen molar-refractivity contribution in [1.82, 2.24) is 5.32 Å². The lowest BCUT2D eigenvalue weighted by Gasteiger charge is -2.28. The molecule has 0 aromatic heterocycles. The molecule has 8 heteroatoms. The van der Waals surface area contributed by atoms with Crippen molar-refractivity contribution in [2.75, 3.05) is 26.8 Å². The number of phenolic OH excluding ortho intramolecular Hbond substituents is 1. The number of rotatable bonds is 11. The summed E-state index contributed by atoms with van der Waals surface area (Å²) >= 11 is 0. The molecule has 3 unspecified atom stereocenters. The van der Waals surface area contributed by atoms with Crippen LogP contribution >= 0.6 is 0 Å². The molecule has 0 fully saturated rings. The van der Waals surface area contributed by atoms with E-state index in [1.165, 1.54) is 31.2 Å². The molecule has 0 heterocycles. The maximum atomic E-state index is 10.1. The molecule has 0 amide bonds. The highest BCUT2D eigenvalue weighted by molar-refractivity contribution is 5.30. The van der Waals surface area contributed by atoms with Crippen LogP contribution in [0.1, 0.15) is 6.92 Å². The molecular weight excluding hydrogens is 306 g/mol. The highest BCUT2D eigenvalue weighted by atomic mass is 16.7. The maximum Gasteiger partial charge on any atom is 0.249 e. The first-order chi connectivity index (χ1) is 11.0. The molecule has 1 rings (SSSR count). The van der Waals surface area contributed by atoms with Crippen LogP contribution in [0, 0.1) is 0 Å². The van der Waals surface area contributed by atoms with Gasteiger partial charge in [0.05, 0.1) is 19.3 Å². The minimum Gasteiger partial charge on any atom is -0.508 e. The summed E-state index contributed by atoms with van der Waals surface area (Å²) in [6.07, 6.45) is -4.56. The number of ether oxygens (including phenoxy) is 3. The normalized spacial score (nSPS) is 16.6. The lowest BCUT2D eigenvalue weighted by Crippen LogP contribution is -2.43. The topological polar surface area (TPSA) is 121 Å². The van der Waals surface area contributed by atoms with Crippen molar-refractivity contribution in [3.8, 4) is 11.5 Å². The van der Waals surface area contributed by atoms with E-state index in [9.17, 15) is 20.4 Å². The summed E-state index contributed by atoms with van der Waals surface area (Å²) in [5.41, 5.74) is 0. The number of phenols is 1. The first kappa shape index (κ1) is 19.6. The van der Waals surface area contributed by atoms with Crippen molar-refractivity contribution in [2.24, 2.45) is 0 Å². The van der Waals surface area contributed by atoms with Crippen LogP contribution in [0.2, 0.25) is 0 Å². The third-order valence-electron chi connectivity index (χ3n) is 2.99. The first-order valence-corrected chi connectivity index (χ1v) is 7.32. The average molecular weight is 331 g/mol. The van der Waals surface area contributed by atoms with E-state index in [1.807, 2.05) is 0 Å². The van der Waals surface area contributed by atoms with Gasteiger partial charge in [-0.05, 0) is 38.2 Å². The first-order valence-electron chi connectivity index (χ1n) is 7.32. The van der Waals surface area contributed by atoms with Crippen LogP contribution in [-0.4, -0.2) is 72.0 Å². The Balaban J connectivity index is 2.69. The van der Waals surface area contributed by atoms with Gasteiger partial charge in [-0.15, -0.1) is 0 Å². The molecule has 0 aliphatic rings. The molecule has 0 aliphatic carbocycles. The van der Waals surface area contributed by atoms with Gasteiger partial charge in [-0.25, -0.2) is 0 Å². The van der Waals surface area contributed by atoms with Crippen LogP contribution in [0.5, 0.6) is 11.5 Å². The second-order valence-corrected chi connectivity index (χ2v) is 4.94. The highest BCUT2D eigenvalue weighted by Crippen LogP contribution is 2.19. The molecule has 4 atom stereocenters. The third-order valence-corrected chi connectivity index (χ3v) is 2.99. The van der Waals surface area contributed by atoms with Gasteiger partial charge in [-0.1, -0.05) is 0 Å². The van der Waals surface area contributed by atoms with Crippen molar-refractivity contribution >= 4 is 0 Å². The average Bonchev–Trinajstić information content (AvgIpc) is 2.52. The smallest absolute Gasteiger partial charge is 0.249 e. The molecule has 5 N–H and O–H groups in total. The van der Waals surface area contributed by atoms with E-state index in [2.05, 4.69) is 5.32 Å². The predicted octanol–water partition coefficient (Wildman–Crippen LogP) is -0.590. The van der Waals surface area contributed by atoms with Gasteiger partial charge in [0.15, 0.2) is 0 Å². The second-order valence-electron chi connectivity index (χ2n) is 4.94. The summed E-state index contributed by atoms with van der Waals surface area (Å²) in [4.78, 5) is 0. The summed E-state index contributed by atoms with van der Waals surface area (Å²) in [6.45, 7) is 1.77. The molecule has 1 aromatic rings. The molecule has 23 heavy (non-hydrogen) atoms. The molecule has 1 aromatic carbocycles. The summed E-state index contributed by atoms with van der Waals surface area (Å²) in [5.74, 6) is 0.373. The summed E-state index contributed by atoms with van der Waals surface area (Å²) in [5, 5.41) is 41.0. The van der Waals surface area contributed by atoms with Crippen molar-refractivity contribution in [1.29, 1.82) is 0 Å². The Morgan fingerprint density at radius 1 is 1.17 bits per heavy atom. The minimum absolute atomic E-state index is 0.0689. The van der Waals surface area contributed by atoms with Crippen LogP contribution in [0.3, 0.4) is 0 Å². The summed E-state index contributed by atoms with van der Waals surface area (Å²) < 4.78 is 16.1. The summed E-state index contributed by atoms with van der Waals surface area (Å²) in [7, 11) is 1.74. The number of aliphatic hydroxyl groups is 3. The van der Waals surface area contributed by atoms with Gasteiger partial charge < -0.3 is 40.0 Å². The van der Waals surface area contributed by atoms with E-state index >= 15 is 0 Å². The zero-order valence-corrected chi connectivity index (χ0v) is 13.3. The van der Waals surface area contributed by atoms with Crippen molar-refractivity contribution < 1.29 is 34.6 Å². The van der Waals surface area contributed by atoms with Gasteiger partial charge >= 0.3 is 0 Å². The molecule has 0 aliphatic heterocycles. The van der Waals surface area contributed by atoms with Crippen molar-refractivity contribution in [2.45, 2.75) is 31.7 Å². The summed E-state index contributed by atoms with van der Waals surface area (Å²) in [6, 6.07) is 5.76. The second kappa shape index (κ2) is 10.4. The molecule has 0 bridgehead atoms. The number of hydrogen-bond acceptors (Lipinski definition) is 8. The Labute approximate surface area is 135 Å². The minimum atomic E-state index is -1.48. The van der Waals surface area contributed by atoms with Crippen molar-refractivity contribution in [3.63, 3.8) is 0 Å². The number of nitrogens with one attached hydrogen (secondary N) is 1. The van der Waals surface area contributed by atoms with E-state index in [4.69, 9.17) is 14.2 Å². The SMILES string of the molecule is CNCCOC(OC(CO)C(C)O)[C@H](O)Oc1ccc(O)cc1. The number of aliphatic hydroxyl groups excluding tert-OH is 3. The zero-order chi connectivity index (χ0) is 17.2. The Hall–Kier alpha value is -1.42. The molecule has 0 saturated heterocycles. The molecule has 0 radical (unpaired) electrons. The number of likely N-dealkylation sites (N-methyl/N-ethyl adjacent to an activating group) is 1. The fourth-order valence-corrected chi connectivity index (χ4v) is 1.67. The number of aromatic hydroxyl groups is 1. The standard InChI is InChI=1S/C15H25NO7/c1-10(18)13(9-17)23-15(21-8-7-16-2)14(20)22-12-5-3-11(19)4-6-12/h3-6,10,13-20H,7-9H2,1-2H3/t10?,13?,14-,15?/m1/s1. The lowest BCUT2D eigenvalue weighted by atomic mass is 10.2. The van der Waals surface area contributed by atoms with E-state index in [1.54, 1.807) is 7.05 Å². The molecule has 0 spiro atoms. The fourth-order valence-electron chi connectivity index (χ4n) is 1.67. The van der Waals surface area contributed by atoms with Gasteiger partial charge in [0.1, 0.15) is 17.6 Å². The van der Waals surface area contributed by atoms with Crippen LogP contribution < -0.4 is 10.1 Å². The van der Waals surface area contributed by atoms with Crippen LogP contribution in [0.15, 0.2) is 24.3 Å². The maximum absolute atomic E-state index is 10.1. The van der Waals surface area contributed by atoms with Gasteiger partial charge in [0.2, 0.25) is 12.6 Å². The Morgan fingerprint density at radius 2 is 1.83 bits per heavy atom. The van der Waals surface area contributed by atoms with Gasteiger partial charge in [0.25, 0.3) is 0 Å². The van der Waals surface area contributed by atoms with Crippen LogP contribution in [0.4, 0.5) is 0 Å². The third kappa shape index (κ3) is 7.12. The van der Waals surface area contributed by atoms with Crippen molar-refractivity contribution in [3.05, 3.63) is 24.3 Å². The fraction of sp³-hybridized carbons (Fsp3) is 0.600. The molecule has 8 nitrogen and oxygen atoms in total. The molecule has 0 saturated carbocycles. The quantitative estimate of drug-likeness (QED) is 0.269. The lowest BCUT2D eigenvalue weighted by molar-refractivity contribution is -0.272. The van der Waals surface area contributed by atoms with E-state index in [0.717, 1.165) is 0 Å². The number of hydrogen-bond donors (Lipinski definition) is 5. The van der Waals surface area contributed by atoms with E-state index in [0.29, 0.717) is 12.3 Å². The predicted molar refractivity (Wildman–Crippen MR) is 82.0 cm³/mol. The Bertz CT molecular complexity index is 426. The molecular formula is C15H25NO7. The van der Waals surface area contributed by atoms with Gasteiger partial charge in [-0.2, -0.15) is 0 Å². The van der Waals surface area contributed by atoms with E-state index in [-0.39, 0.29) is 12.4 Å². The van der Waals surface area contributed by atoms with Crippen LogP contribution in [-0.2, 0) is 9.47 Å². The largest absolute Gasteiger partial charge is 0.508 e. The highest BCUT2D eigenvalue weighted by Gasteiger charge is 2.28. The van der Waals surface area contributed by atoms with Crippen LogP contribution in [0.25, 0.3) is 0 Å². The Morgan fingerprint density at radius 3 is 2.35 bits per heavy atom.